The average molecular weight is 489 g/mol. The first-order chi connectivity index (χ1) is 17.4. The van der Waals surface area contributed by atoms with Gasteiger partial charge >= 0.3 is 0 Å². The van der Waals surface area contributed by atoms with Gasteiger partial charge in [0, 0.05) is 50.1 Å². The lowest BCUT2D eigenvalue weighted by Gasteiger charge is -2.48. The summed E-state index contributed by atoms with van der Waals surface area (Å²) in [5.74, 6) is 0.749. The van der Waals surface area contributed by atoms with Crippen LogP contribution in [0, 0.1) is 29.6 Å². The first-order valence-corrected chi connectivity index (χ1v) is 12.0. The molecule has 2 saturated heterocycles. The summed E-state index contributed by atoms with van der Waals surface area (Å²) in [7, 11) is 0. The number of benzene rings is 1. The highest BCUT2D eigenvalue weighted by atomic mass is 16.3. The average Bonchev–Trinajstić information content (AvgIpc) is 3.27. The van der Waals surface area contributed by atoms with E-state index in [1.54, 1.807) is 6.07 Å². The zero-order valence-electron chi connectivity index (χ0n) is 20.2. The van der Waals surface area contributed by atoms with Crippen LogP contribution in [0.25, 0.3) is 5.65 Å². The molecule has 1 aromatic carbocycles. The molecule has 2 aliphatic rings. The van der Waals surface area contributed by atoms with Gasteiger partial charge in [-0.15, -0.1) is 5.10 Å². The van der Waals surface area contributed by atoms with Crippen LogP contribution in [0.15, 0.2) is 18.3 Å². The lowest BCUT2D eigenvalue weighted by atomic mass is 9.95. The number of hydrogen-bond donors (Lipinski definition) is 4. The van der Waals surface area contributed by atoms with E-state index in [1.165, 1.54) is 10.7 Å². The molecule has 2 fully saturated rings. The van der Waals surface area contributed by atoms with Gasteiger partial charge in [-0.2, -0.15) is 20.0 Å². The molecule has 0 spiro atoms. The monoisotopic (exact) mass is 488 g/mol. The number of likely N-dealkylation sites (tertiary alicyclic amines) is 1. The molecule has 0 aliphatic carbocycles. The third kappa shape index (κ3) is 4.27. The van der Waals surface area contributed by atoms with E-state index in [1.807, 2.05) is 19.9 Å². The fraction of sp³-hybridized carbons (Fsp3) is 0.458. The van der Waals surface area contributed by atoms with Crippen molar-refractivity contribution in [3.8, 4) is 12.1 Å². The van der Waals surface area contributed by atoms with Crippen LogP contribution in [0.1, 0.15) is 30.2 Å². The largest absolute Gasteiger partial charge is 0.390 e. The number of aliphatic hydroxyl groups excluding tert-OH is 2. The minimum atomic E-state index is -0.563. The van der Waals surface area contributed by atoms with Crippen LogP contribution in [0.5, 0.6) is 0 Å². The predicted molar refractivity (Wildman–Crippen MR) is 133 cm³/mol. The van der Waals surface area contributed by atoms with E-state index in [9.17, 15) is 20.7 Å². The molecule has 0 unspecified atom stereocenters. The molecular formula is C24H28N10O2. The van der Waals surface area contributed by atoms with Crippen LogP contribution in [-0.4, -0.2) is 85.7 Å². The molecule has 4 heterocycles. The number of aromatic nitrogens is 4. The normalized spacial score (nSPS) is 20.6. The summed E-state index contributed by atoms with van der Waals surface area (Å²) in [5.41, 5.74) is 3.60. The second-order valence-corrected chi connectivity index (χ2v) is 9.19. The summed E-state index contributed by atoms with van der Waals surface area (Å²) in [4.78, 5) is 13.0. The highest BCUT2D eigenvalue weighted by molar-refractivity contribution is 5.73. The number of imidazole rings is 1. The molecule has 36 heavy (non-hydrogen) atoms. The Labute approximate surface area is 208 Å². The topological polar surface area (TPSA) is 162 Å². The van der Waals surface area contributed by atoms with E-state index in [4.69, 9.17) is 0 Å². The zero-order chi connectivity index (χ0) is 25.4. The van der Waals surface area contributed by atoms with Gasteiger partial charge in [0.05, 0.1) is 30.0 Å². The van der Waals surface area contributed by atoms with Crippen molar-refractivity contribution in [3.63, 3.8) is 0 Å². The maximum Gasteiger partial charge on any atom is 0.247 e. The molecule has 2 aromatic heterocycles. The van der Waals surface area contributed by atoms with Crippen LogP contribution in [0.2, 0.25) is 0 Å². The van der Waals surface area contributed by atoms with Gasteiger partial charge in [0.2, 0.25) is 5.95 Å². The van der Waals surface area contributed by atoms with Crippen LogP contribution < -0.4 is 15.5 Å². The zero-order valence-corrected chi connectivity index (χ0v) is 20.2. The van der Waals surface area contributed by atoms with E-state index in [-0.39, 0.29) is 23.8 Å². The maximum absolute atomic E-state index is 10.8. The molecule has 4 N–H and O–H groups in total. The summed E-state index contributed by atoms with van der Waals surface area (Å²) in [6.45, 7) is 6.85. The molecule has 2 atom stereocenters. The molecule has 5 rings (SSSR count). The molecule has 0 bridgehead atoms. The number of fused-ring (bicyclic) bond motifs is 1. The molecular weight excluding hydrogens is 460 g/mol. The number of nitriles is 2. The minimum Gasteiger partial charge on any atom is -0.390 e. The van der Waals surface area contributed by atoms with Crippen LogP contribution in [0.3, 0.4) is 0 Å². The Hall–Kier alpha value is -3.97. The molecule has 0 radical (unpaired) electrons. The number of β-amino-alcohol motifs (C(OH)–C–C–N with tert-alkyl or cyclic N) is 2. The van der Waals surface area contributed by atoms with Gasteiger partial charge in [0.15, 0.2) is 17.2 Å². The van der Waals surface area contributed by atoms with Crippen LogP contribution in [-0.2, 0) is 0 Å². The smallest absolute Gasteiger partial charge is 0.247 e. The second kappa shape index (κ2) is 9.59. The molecule has 0 amide bonds. The predicted octanol–water partition coefficient (Wildman–Crippen LogP) is 0.968. The van der Waals surface area contributed by atoms with Crippen molar-refractivity contribution < 1.29 is 10.2 Å². The van der Waals surface area contributed by atoms with E-state index >= 15 is 0 Å². The Balaban J connectivity index is 1.45. The lowest BCUT2D eigenvalue weighted by molar-refractivity contribution is -0.0650. The highest BCUT2D eigenvalue weighted by Gasteiger charge is 2.38. The van der Waals surface area contributed by atoms with Crippen molar-refractivity contribution in [1.82, 2.24) is 24.5 Å². The molecule has 0 saturated carbocycles. The number of piperidine rings is 1. The van der Waals surface area contributed by atoms with Gasteiger partial charge < -0.3 is 25.7 Å². The Morgan fingerprint density at radius 3 is 2.64 bits per heavy atom. The van der Waals surface area contributed by atoms with Gasteiger partial charge in [-0.05, 0) is 38.0 Å². The Kier molecular flexibility index (Phi) is 6.33. The van der Waals surface area contributed by atoms with Gasteiger partial charge in [0.1, 0.15) is 6.07 Å². The number of nitrogens with one attached hydrogen (secondary N) is 2. The van der Waals surface area contributed by atoms with Gasteiger partial charge in [0.25, 0.3) is 0 Å². The number of nitrogens with zero attached hydrogens (tertiary/aromatic N) is 8. The number of anilines is 4. The number of hydrogen-bond acceptors (Lipinski definition) is 11. The first-order valence-electron chi connectivity index (χ1n) is 12.0. The Bertz CT molecular complexity index is 1370. The molecule has 12 nitrogen and oxygen atoms in total. The van der Waals surface area contributed by atoms with Crippen LogP contribution in [0.4, 0.5) is 23.1 Å². The minimum absolute atomic E-state index is 0.0239. The summed E-state index contributed by atoms with van der Waals surface area (Å²) < 4.78 is 1.44. The third-order valence-electron chi connectivity index (χ3n) is 6.82. The van der Waals surface area contributed by atoms with Crippen molar-refractivity contribution in [2.24, 2.45) is 0 Å². The van der Waals surface area contributed by atoms with E-state index in [0.717, 1.165) is 24.2 Å². The summed E-state index contributed by atoms with van der Waals surface area (Å²) in [5, 5.41) is 50.4. The van der Waals surface area contributed by atoms with Crippen molar-refractivity contribution >= 4 is 28.8 Å². The lowest BCUT2D eigenvalue weighted by Crippen LogP contribution is -2.62. The standard InChI is InChI=1S/C24H28N10O2/c1-3-27-22-23-28-10-16(9-26)34(23)31-24(30-22)29-18-6-15(8-25)7-20(14(18)2)32-5-4-19(21(36)13-32)33-11-17(35)12-33/h6-7,10,17,19,21,35-36H,3-5,11-13H2,1-2H3,(H2,27,29,30,31)/t19-,21-/m1/s1. The maximum atomic E-state index is 10.8. The van der Waals surface area contributed by atoms with Crippen molar-refractivity contribution in [2.45, 2.75) is 38.5 Å². The van der Waals surface area contributed by atoms with Gasteiger partial charge in [-0.3, -0.25) is 4.90 Å². The third-order valence-corrected chi connectivity index (χ3v) is 6.82. The second-order valence-electron chi connectivity index (χ2n) is 9.19. The first kappa shape index (κ1) is 23.8. The highest BCUT2D eigenvalue weighted by Crippen LogP contribution is 2.33. The van der Waals surface area contributed by atoms with E-state index < -0.39 is 6.10 Å². The summed E-state index contributed by atoms with van der Waals surface area (Å²) in [6, 6.07) is 7.90. The van der Waals surface area contributed by atoms with Crippen molar-refractivity contribution in [3.05, 3.63) is 35.2 Å². The SMILES string of the molecule is CCNc1nc(Nc2cc(C#N)cc(N3CC[C@@H](N4CC(O)C4)[C@H](O)C3)c2C)nn2c(C#N)cnc12. The van der Waals surface area contributed by atoms with E-state index in [2.05, 4.69) is 47.6 Å². The Morgan fingerprint density at radius 1 is 1.17 bits per heavy atom. The Morgan fingerprint density at radius 2 is 1.97 bits per heavy atom. The van der Waals surface area contributed by atoms with Gasteiger partial charge in [-0.1, -0.05) is 0 Å². The fourth-order valence-corrected chi connectivity index (χ4v) is 4.96. The number of rotatable bonds is 6. The molecule has 3 aromatic rings. The number of aliphatic hydroxyl groups is 2. The molecule has 12 heteroatoms. The van der Waals surface area contributed by atoms with E-state index in [0.29, 0.717) is 48.9 Å². The van der Waals surface area contributed by atoms with Crippen molar-refractivity contribution in [2.75, 3.05) is 48.3 Å². The van der Waals surface area contributed by atoms with Gasteiger partial charge in [-0.25, -0.2) is 4.98 Å². The molecule has 2 aliphatic heterocycles. The molecule has 186 valence electrons. The fourth-order valence-electron chi connectivity index (χ4n) is 4.96. The summed E-state index contributed by atoms with van der Waals surface area (Å²) in [6.07, 6.45) is 1.34. The van der Waals surface area contributed by atoms with Crippen LogP contribution >= 0.6 is 0 Å². The van der Waals surface area contributed by atoms with Crippen molar-refractivity contribution in [1.29, 1.82) is 10.5 Å². The quantitative estimate of drug-likeness (QED) is 0.391. The summed E-state index contributed by atoms with van der Waals surface area (Å²) >= 11 is 0.